The SMILES string of the molecule is CCOC(=O)Cc1c(N)cc(Br)cc1OC. The van der Waals surface area contributed by atoms with Crippen molar-refractivity contribution in [2.24, 2.45) is 0 Å². The molecule has 0 aliphatic rings. The summed E-state index contributed by atoms with van der Waals surface area (Å²) in [5.74, 6) is 0.273. The van der Waals surface area contributed by atoms with Gasteiger partial charge in [-0.3, -0.25) is 4.79 Å². The van der Waals surface area contributed by atoms with E-state index in [1.807, 2.05) is 0 Å². The maximum atomic E-state index is 11.4. The zero-order chi connectivity index (χ0) is 12.1. The van der Waals surface area contributed by atoms with E-state index < -0.39 is 0 Å². The number of carbonyl (C=O) groups is 1. The quantitative estimate of drug-likeness (QED) is 0.681. The maximum Gasteiger partial charge on any atom is 0.310 e. The van der Waals surface area contributed by atoms with Gasteiger partial charge < -0.3 is 15.2 Å². The lowest BCUT2D eigenvalue weighted by atomic mass is 10.1. The zero-order valence-corrected chi connectivity index (χ0v) is 10.8. The normalized spacial score (nSPS) is 9.94. The molecule has 0 aromatic heterocycles. The first-order valence-electron chi connectivity index (χ1n) is 4.86. The number of nitrogens with two attached hydrogens (primary N) is 1. The van der Waals surface area contributed by atoms with Crippen LogP contribution in [0.15, 0.2) is 16.6 Å². The number of methoxy groups -OCH3 is 1. The Bertz CT molecular complexity index is 393. The van der Waals surface area contributed by atoms with Crippen LogP contribution in [0.3, 0.4) is 0 Å². The van der Waals surface area contributed by atoms with Crippen LogP contribution < -0.4 is 10.5 Å². The van der Waals surface area contributed by atoms with Gasteiger partial charge in [-0.15, -0.1) is 0 Å². The van der Waals surface area contributed by atoms with Gasteiger partial charge in [0, 0.05) is 15.7 Å². The van der Waals surface area contributed by atoms with Crippen LogP contribution in [-0.2, 0) is 16.0 Å². The molecule has 0 aliphatic heterocycles. The molecule has 2 N–H and O–H groups in total. The number of carbonyl (C=O) groups excluding carboxylic acids is 1. The average Bonchev–Trinajstić information content (AvgIpc) is 2.22. The Balaban J connectivity index is 2.98. The summed E-state index contributed by atoms with van der Waals surface area (Å²) in [7, 11) is 1.54. The van der Waals surface area contributed by atoms with Gasteiger partial charge in [-0.05, 0) is 19.1 Å². The lowest BCUT2D eigenvalue weighted by Gasteiger charge is -2.11. The van der Waals surface area contributed by atoms with Crippen LogP contribution in [0.1, 0.15) is 12.5 Å². The molecule has 88 valence electrons. The van der Waals surface area contributed by atoms with E-state index in [0.717, 1.165) is 4.47 Å². The molecule has 0 spiro atoms. The van der Waals surface area contributed by atoms with Crippen molar-refractivity contribution >= 4 is 27.6 Å². The Kier molecular flexibility index (Phi) is 4.61. The fraction of sp³-hybridized carbons (Fsp3) is 0.364. The summed E-state index contributed by atoms with van der Waals surface area (Å²) < 4.78 is 10.9. The van der Waals surface area contributed by atoms with Crippen LogP contribution in [0.25, 0.3) is 0 Å². The fourth-order valence-electron chi connectivity index (χ4n) is 1.36. The highest BCUT2D eigenvalue weighted by molar-refractivity contribution is 9.10. The van der Waals surface area contributed by atoms with Crippen LogP contribution in [0.5, 0.6) is 5.75 Å². The van der Waals surface area contributed by atoms with Crippen LogP contribution in [-0.4, -0.2) is 19.7 Å². The molecule has 1 aromatic carbocycles. The number of anilines is 1. The minimum absolute atomic E-state index is 0.121. The second-order valence-electron chi connectivity index (χ2n) is 3.16. The number of hydrogen-bond donors (Lipinski definition) is 1. The topological polar surface area (TPSA) is 61.5 Å². The van der Waals surface area contributed by atoms with Crippen molar-refractivity contribution in [1.82, 2.24) is 0 Å². The number of halogens is 1. The molecule has 0 unspecified atom stereocenters. The molecule has 0 saturated heterocycles. The summed E-state index contributed by atoms with van der Waals surface area (Å²) in [6.45, 7) is 2.12. The molecule has 16 heavy (non-hydrogen) atoms. The molecular weight excluding hydrogens is 274 g/mol. The Morgan fingerprint density at radius 2 is 2.19 bits per heavy atom. The van der Waals surface area contributed by atoms with E-state index >= 15 is 0 Å². The molecule has 4 nitrogen and oxygen atoms in total. The molecule has 0 atom stereocenters. The number of rotatable bonds is 4. The molecule has 0 amide bonds. The van der Waals surface area contributed by atoms with Gasteiger partial charge in [0.05, 0.1) is 20.1 Å². The minimum atomic E-state index is -0.310. The molecule has 0 aliphatic carbocycles. The molecule has 5 heteroatoms. The molecule has 1 aromatic rings. The molecule has 0 radical (unpaired) electrons. The predicted octanol–water partition coefficient (Wildman–Crippen LogP) is 2.15. The minimum Gasteiger partial charge on any atom is -0.496 e. The van der Waals surface area contributed by atoms with Crippen molar-refractivity contribution in [3.8, 4) is 5.75 Å². The molecule has 0 saturated carbocycles. The highest BCUT2D eigenvalue weighted by Gasteiger charge is 2.13. The Morgan fingerprint density at radius 1 is 1.50 bits per heavy atom. The van der Waals surface area contributed by atoms with Crippen LogP contribution in [0, 0.1) is 0 Å². The third-order valence-electron chi connectivity index (χ3n) is 2.05. The predicted molar refractivity (Wildman–Crippen MR) is 65.4 cm³/mol. The zero-order valence-electron chi connectivity index (χ0n) is 9.25. The number of esters is 1. The van der Waals surface area contributed by atoms with E-state index in [4.69, 9.17) is 15.2 Å². The van der Waals surface area contributed by atoms with Crippen molar-refractivity contribution in [3.05, 3.63) is 22.2 Å². The van der Waals surface area contributed by atoms with Crippen molar-refractivity contribution in [2.75, 3.05) is 19.5 Å². The first-order chi connectivity index (χ1) is 7.58. The van der Waals surface area contributed by atoms with E-state index in [0.29, 0.717) is 23.6 Å². The smallest absolute Gasteiger partial charge is 0.310 e. The number of nitrogen functional groups attached to an aromatic ring is 1. The van der Waals surface area contributed by atoms with E-state index in [9.17, 15) is 4.79 Å². The van der Waals surface area contributed by atoms with Gasteiger partial charge in [0.2, 0.25) is 0 Å². The molecule has 1 rings (SSSR count). The van der Waals surface area contributed by atoms with Crippen molar-refractivity contribution in [1.29, 1.82) is 0 Å². The second kappa shape index (κ2) is 5.75. The largest absolute Gasteiger partial charge is 0.496 e. The summed E-state index contributed by atoms with van der Waals surface area (Å²) in [4.78, 5) is 11.4. The van der Waals surface area contributed by atoms with E-state index in [1.54, 1.807) is 19.1 Å². The summed E-state index contributed by atoms with van der Waals surface area (Å²) in [5.41, 5.74) is 6.99. The highest BCUT2D eigenvalue weighted by Crippen LogP contribution is 2.29. The third kappa shape index (κ3) is 3.13. The van der Waals surface area contributed by atoms with Crippen LogP contribution >= 0.6 is 15.9 Å². The van der Waals surface area contributed by atoms with E-state index in [-0.39, 0.29) is 12.4 Å². The third-order valence-corrected chi connectivity index (χ3v) is 2.51. The monoisotopic (exact) mass is 287 g/mol. The first kappa shape index (κ1) is 12.8. The average molecular weight is 288 g/mol. The first-order valence-corrected chi connectivity index (χ1v) is 5.65. The molecular formula is C11H14BrNO3. The van der Waals surface area contributed by atoms with Gasteiger partial charge in [0.1, 0.15) is 5.75 Å². The number of hydrogen-bond acceptors (Lipinski definition) is 4. The second-order valence-corrected chi connectivity index (χ2v) is 4.07. The molecule has 0 heterocycles. The Morgan fingerprint density at radius 3 is 2.75 bits per heavy atom. The van der Waals surface area contributed by atoms with Gasteiger partial charge in [-0.25, -0.2) is 0 Å². The standard InChI is InChI=1S/C11H14BrNO3/c1-3-16-11(14)6-8-9(13)4-7(12)5-10(8)15-2/h4-5H,3,6,13H2,1-2H3. The molecule has 0 fully saturated rings. The van der Waals surface area contributed by atoms with Gasteiger partial charge in [-0.2, -0.15) is 0 Å². The Labute approximate surface area is 103 Å². The van der Waals surface area contributed by atoms with E-state index in [2.05, 4.69) is 15.9 Å². The highest BCUT2D eigenvalue weighted by atomic mass is 79.9. The number of benzene rings is 1. The van der Waals surface area contributed by atoms with Gasteiger partial charge in [-0.1, -0.05) is 15.9 Å². The molecule has 0 bridgehead atoms. The maximum absolute atomic E-state index is 11.4. The van der Waals surface area contributed by atoms with Crippen LogP contribution in [0.2, 0.25) is 0 Å². The van der Waals surface area contributed by atoms with Crippen molar-refractivity contribution in [2.45, 2.75) is 13.3 Å². The van der Waals surface area contributed by atoms with E-state index in [1.165, 1.54) is 7.11 Å². The van der Waals surface area contributed by atoms with Gasteiger partial charge in [0.15, 0.2) is 0 Å². The summed E-state index contributed by atoms with van der Waals surface area (Å²) in [6.07, 6.45) is 0.121. The van der Waals surface area contributed by atoms with Crippen molar-refractivity contribution < 1.29 is 14.3 Å². The lowest BCUT2D eigenvalue weighted by Crippen LogP contribution is -2.10. The summed E-state index contributed by atoms with van der Waals surface area (Å²) in [5, 5.41) is 0. The van der Waals surface area contributed by atoms with Crippen LogP contribution in [0.4, 0.5) is 5.69 Å². The van der Waals surface area contributed by atoms with Crippen molar-refractivity contribution in [3.63, 3.8) is 0 Å². The number of ether oxygens (including phenoxy) is 2. The fourth-order valence-corrected chi connectivity index (χ4v) is 1.81. The Hall–Kier alpha value is -1.23. The van der Waals surface area contributed by atoms with Gasteiger partial charge >= 0.3 is 5.97 Å². The summed E-state index contributed by atoms with van der Waals surface area (Å²) >= 11 is 3.31. The van der Waals surface area contributed by atoms with Gasteiger partial charge in [0.25, 0.3) is 0 Å². The summed E-state index contributed by atoms with van der Waals surface area (Å²) in [6, 6.07) is 3.50. The lowest BCUT2D eigenvalue weighted by molar-refractivity contribution is -0.142.